The van der Waals surface area contributed by atoms with Gasteiger partial charge in [0.2, 0.25) is 5.91 Å². The third-order valence-corrected chi connectivity index (χ3v) is 4.99. The van der Waals surface area contributed by atoms with Crippen molar-refractivity contribution < 1.29 is 18.7 Å². The predicted octanol–water partition coefficient (Wildman–Crippen LogP) is 1.56. The minimum Gasteiger partial charge on any atom is -0.507 e. The summed E-state index contributed by atoms with van der Waals surface area (Å²) in [6, 6.07) is 8.37. The molecule has 168 valence electrons. The molecule has 11 heteroatoms. The van der Waals surface area contributed by atoms with Crippen molar-refractivity contribution >= 4 is 16.8 Å². The van der Waals surface area contributed by atoms with Gasteiger partial charge in [0.25, 0.3) is 5.56 Å². The van der Waals surface area contributed by atoms with E-state index in [0.29, 0.717) is 16.3 Å². The van der Waals surface area contributed by atoms with Crippen LogP contribution in [0.3, 0.4) is 0 Å². The van der Waals surface area contributed by atoms with Crippen LogP contribution >= 0.6 is 0 Å². The van der Waals surface area contributed by atoms with E-state index in [4.69, 9.17) is 0 Å². The molecule has 0 aliphatic rings. The van der Waals surface area contributed by atoms with Crippen molar-refractivity contribution in [2.24, 2.45) is 0 Å². The van der Waals surface area contributed by atoms with E-state index < -0.39 is 41.4 Å². The number of aromatic hydroxyl groups is 1. The summed E-state index contributed by atoms with van der Waals surface area (Å²) in [5.41, 5.74) is -1.46. The number of hydrogen-bond donors (Lipinski definition) is 3. The molecule has 3 aromatic heterocycles. The van der Waals surface area contributed by atoms with Crippen molar-refractivity contribution in [3.05, 3.63) is 98.7 Å². The lowest BCUT2D eigenvalue weighted by atomic mass is 10.1. The minimum absolute atomic E-state index is 0.107. The Kier molecular flexibility index (Phi) is 5.94. The maximum atomic E-state index is 13.9. The number of carbonyl (C=O) groups is 1. The topological polar surface area (TPSA) is 130 Å². The average molecular weight is 453 g/mol. The molecule has 0 radical (unpaired) electrons. The lowest BCUT2D eigenvalue weighted by molar-refractivity contribution is -0.124. The molecule has 3 heterocycles. The van der Waals surface area contributed by atoms with Gasteiger partial charge in [0.15, 0.2) is 0 Å². The normalized spacial score (nSPS) is 11.9. The van der Waals surface area contributed by atoms with Gasteiger partial charge in [-0.15, -0.1) is 0 Å². The number of fused-ring (bicyclic) bond motifs is 1. The van der Waals surface area contributed by atoms with Crippen molar-refractivity contribution in [1.29, 1.82) is 0 Å². The molecule has 0 aliphatic carbocycles. The van der Waals surface area contributed by atoms with Crippen molar-refractivity contribution in [2.75, 3.05) is 0 Å². The van der Waals surface area contributed by atoms with Gasteiger partial charge in [0.1, 0.15) is 28.8 Å². The van der Waals surface area contributed by atoms with Gasteiger partial charge in [-0.1, -0.05) is 12.1 Å². The summed E-state index contributed by atoms with van der Waals surface area (Å²) in [6.07, 6.45) is 2.15. The summed E-state index contributed by atoms with van der Waals surface area (Å²) >= 11 is 0. The first-order valence-corrected chi connectivity index (χ1v) is 9.79. The molecule has 0 fully saturated rings. The number of nitrogens with zero attached hydrogens (tertiary/aromatic N) is 3. The van der Waals surface area contributed by atoms with Crippen LogP contribution in [0.15, 0.2) is 64.4 Å². The summed E-state index contributed by atoms with van der Waals surface area (Å²) in [4.78, 5) is 49.2. The number of H-pyrrole nitrogens is 1. The van der Waals surface area contributed by atoms with E-state index in [9.17, 15) is 28.3 Å². The molecule has 0 aliphatic heterocycles. The van der Waals surface area contributed by atoms with Crippen molar-refractivity contribution in [3.63, 3.8) is 0 Å². The molecule has 0 bridgehead atoms. The van der Waals surface area contributed by atoms with E-state index in [1.165, 1.54) is 24.4 Å². The quantitative estimate of drug-likeness (QED) is 0.406. The molecule has 3 N–H and O–H groups in total. The molecule has 0 spiro atoms. The number of pyridine rings is 2. The number of halogens is 2. The average Bonchev–Trinajstić information content (AvgIpc) is 2.78. The van der Waals surface area contributed by atoms with Gasteiger partial charge in [0.05, 0.1) is 24.0 Å². The van der Waals surface area contributed by atoms with Crippen LogP contribution in [-0.2, 0) is 17.8 Å². The SMILES string of the molecule is O=C(NCc1ncc(F)cc1F)C(Cc1ccccn1)n1c(=O)[nH]c2cccc(O)c2c1=O. The molecule has 4 aromatic rings. The Labute approximate surface area is 184 Å². The Morgan fingerprint density at radius 2 is 1.97 bits per heavy atom. The fraction of sp³-hybridized carbons (Fsp3) is 0.136. The highest BCUT2D eigenvalue weighted by molar-refractivity contribution is 5.85. The van der Waals surface area contributed by atoms with E-state index in [1.807, 2.05) is 0 Å². The van der Waals surface area contributed by atoms with Crippen LogP contribution < -0.4 is 16.6 Å². The van der Waals surface area contributed by atoms with Crippen molar-refractivity contribution in [2.45, 2.75) is 19.0 Å². The molecular weight excluding hydrogens is 436 g/mol. The number of benzene rings is 1. The first kappa shape index (κ1) is 21.8. The smallest absolute Gasteiger partial charge is 0.329 e. The Balaban J connectivity index is 1.75. The third kappa shape index (κ3) is 4.47. The monoisotopic (exact) mass is 453 g/mol. The number of phenols is 1. The molecule has 0 saturated heterocycles. The van der Waals surface area contributed by atoms with Crippen LogP contribution in [0.1, 0.15) is 17.4 Å². The fourth-order valence-electron chi connectivity index (χ4n) is 3.42. The first-order valence-electron chi connectivity index (χ1n) is 9.79. The van der Waals surface area contributed by atoms with Gasteiger partial charge >= 0.3 is 5.69 Å². The Morgan fingerprint density at radius 1 is 1.15 bits per heavy atom. The first-order chi connectivity index (χ1) is 15.8. The second-order valence-corrected chi connectivity index (χ2v) is 7.15. The molecule has 9 nitrogen and oxygen atoms in total. The van der Waals surface area contributed by atoms with E-state index >= 15 is 0 Å². The van der Waals surface area contributed by atoms with Crippen molar-refractivity contribution in [3.8, 4) is 5.75 Å². The number of hydrogen-bond acceptors (Lipinski definition) is 6. The molecule has 4 rings (SSSR count). The van der Waals surface area contributed by atoms with Gasteiger partial charge in [-0.05, 0) is 24.3 Å². The van der Waals surface area contributed by atoms with Crippen molar-refractivity contribution in [1.82, 2.24) is 24.8 Å². The highest BCUT2D eigenvalue weighted by atomic mass is 19.1. The van der Waals surface area contributed by atoms with E-state index in [-0.39, 0.29) is 28.8 Å². The van der Waals surface area contributed by atoms with Crippen LogP contribution in [0, 0.1) is 11.6 Å². The van der Waals surface area contributed by atoms with Crippen LogP contribution in [0.5, 0.6) is 5.75 Å². The van der Waals surface area contributed by atoms with Crippen LogP contribution in [0.4, 0.5) is 8.78 Å². The lowest BCUT2D eigenvalue weighted by Gasteiger charge is -2.19. The molecule has 1 amide bonds. The van der Waals surface area contributed by atoms with Crippen LogP contribution in [0.2, 0.25) is 0 Å². The van der Waals surface area contributed by atoms with E-state index in [2.05, 4.69) is 20.3 Å². The summed E-state index contributed by atoms with van der Waals surface area (Å²) < 4.78 is 27.7. The Hall–Kier alpha value is -4.41. The Bertz CT molecular complexity index is 1450. The molecule has 0 saturated carbocycles. The number of amides is 1. The van der Waals surface area contributed by atoms with Gasteiger partial charge < -0.3 is 15.4 Å². The van der Waals surface area contributed by atoms with Gasteiger partial charge in [-0.2, -0.15) is 0 Å². The zero-order valence-electron chi connectivity index (χ0n) is 17.0. The second kappa shape index (κ2) is 8.99. The summed E-state index contributed by atoms with van der Waals surface area (Å²) in [5.74, 6) is -2.99. The molecular formula is C22H17F2N5O4. The minimum atomic E-state index is -1.39. The molecule has 33 heavy (non-hydrogen) atoms. The maximum absolute atomic E-state index is 13.9. The number of aromatic amines is 1. The number of carbonyl (C=O) groups excluding carboxylic acids is 1. The highest BCUT2D eigenvalue weighted by Gasteiger charge is 2.27. The van der Waals surface area contributed by atoms with Crippen LogP contribution in [0.25, 0.3) is 10.9 Å². The van der Waals surface area contributed by atoms with E-state index in [1.54, 1.807) is 18.2 Å². The van der Waals surface area contributed by atoms with Gasteiger partial charge in [0, 0.05) is 24.4 Å². The highest BCUT2D eigenvalue weighted by Crippen LogP contribution is 2.19. The third-order valence-electron chi connectivity index (χ3n) is 4.99. The van der Waals surface area contributed by atoms with E-state index in [0.717, 1.165) is 6.20 Å². The summed E-state index contributed by atoms with van der Waals surface area (Å²) in [5, 5.41) is 12.4. The van der Waals surface area contributed by atoms with Crippen LogP contribution in [-0.4, -0.2) is 30.5 Å². The number of aromatic nitrogens is 4. The predicted molar refractivity (Wildman–Crippen MR) is 113 cm³/mol. The fourth-order valence-corrected chi connectivity index (χ4v) is 3.42. The summed E-state index contributed by atoms with van der Waals surface area (Å²) in [6.45, 7) is -0.408. The van der Waals surface area contributed by atoms with Gasteiger partial charge in [-0.3, -0.25) is 19.6 Å². The summed E-state index contributed by atoms with van der Waals surface area (Å²) in [7, 11) is 0. The number of rotatable bonds is 6. The zero-order valence-corrected chi connectivity index (χ0v) is 17.0. The molecule has 1 atom stereocenters. The largest absolute Gasteiger partial charge is 0.507 e. The standard InChI is InChI=1S/C22H17F2N5O4/c23-12-8-14(24)16(26-10-12)11-27-20(31)17(9-13-4-1-2-7-25-13)29-21(32)19-15(28-22(29)33)5-3-6-18(19)30/h1-8,10,17,30H,9,11H2,(H,27,31)(H,28,33). The number of phenolic OH excluding ortho intramolecular Hbond substituents is 1. The zero-order chi connectivity index (χ0) is 23.5. The Morgan fingerprint density at radius 3 is 2.70 bits per heavy atom. The maximum Gasteiger partial charge on any atom is 0.329 e. The molecule has 1 unspecified atom stereocenters. The lowest BCUT2D eigenvalue weighted by Crippen LogP contribution is -2.45. The van der Waals surface area contributed by atoms with Gasteiger partial charge in [-0.25, -0.2) is 18.1 Å². The number of nitrogens with one attached hydrogen (secondary N) is 2. The molecule has 1 aromatic carbocycles. The second-order valence-electron chi connectivity index (χ2n) is 7.15.